The molecule has 6 nitrogen and oxygen atoms in total. The number of aromatic hydroxyl groups is 2. The van der Waals surface area contributed by atoms with E-state index < -0.39 is 110 Å². The first-order chi connectivity index (χ1) is 29.3. The molecule has 0 radical (unpaired) electrons. The van der Waals surface area contributed by atoms with E-state index in [1.54, 1.807) is 0 Å². The quantitative estimate of drug-likeness (QED) is 0.0823. The number of hydrogen-bond donors (Lipinski definition) is 2. The maximum Gasteiger partial charge on any atom is 0.411 e. The zero-order valence-corrected chi connectivity index (χ0v) is 32.1. The van der Waals surface area contributed by atoms with Crippen LogP contribution in [0.2, 0.25) is 0 Å². The van der Waals surface area contributed by atoms with E-state index in [4.69, 9.17) is 14.9 Å². The Balaban J connectivity index is 0.000000329. The van der Waals surface area contributed by atoms with Gasteiger partial charge in [0, 0.05) is 18.1 Å². The average molecular weight is 933 g/mol. The van der Waals surface area contributed by atoms with E-state index in [-0.39, 0.29) is 11.8 Å². The Hall–Kier alpha value is -6.48. The first-order valence-corrected chi connectivity index (χ1v) is 17.5. The molecule has 0 atom stereocenters. The van der Waals surface area contributed by atoms with E-state index in [1.807, 2.05) is 0 Å². The van der Waals surface area contributed by atoms with Crippen LogP contribution in [0.25, 0.3) is 0 Å². The predicted octanol–water partition coefficient (Wildman–Crippen LogP) is 12.0. The fourth-order valence-electron chi connectivity index (χ4n) is 6.40. The van der Waals surface area contributed by atoms with Gasteiger partial charge in [0.25, 0.3) is 0 Å². The van der Waals surface area contributed by atoms with Crippen LogP contribution in [0.1, 0.15) is 40.3 Å². The fraction of sp³-hybridized carbons (Fsp3) is 0.238. The molecule has 0 unspecified atom stereocenters. The highest BCUT2D eigenvalue weighted by molar-refractivity contribution is 5.85. The molecule has 0 amide bonds. The highest BCUT2D eigenvalue weighted by Gasteiger charge is 2.73. The van der Waals surface area contributed by atoms with Gasteiger partial charge in [-0.15, -0.1) is 0 Å². The summed E-state index contributed by atoms with van der Waals surface area (Å²) in [6.07, 6.45) is -23.3. The van der Waals surface area contributed by atoms with Gasteiger partial charge in [-0.1, -0.05) is 66.7 Å². The number of halogens is 16. The van der Waals surface area contributed by atoms with Gasteiger partial charge in [0.1, 0.15) is 23.0 Å². The summed E-state index contributed by atoms with van der Waals surface area (Å²) in [5.41, 5.74) is -16.0. The minimum atomic E-state index is -5.95. The highest BCUT2D eigenvalue weighted by atomic mass is 19.4. The molecule has 0 fully saturated rings. The van der Waals surface area contributed by atoms with Crippen LogP contribution in [-0.2, 0) is 32.3 Å². The van der Waals surface area contributed by atoms with Crippen molar-refractivity contribution >= 4 is 11.8 Å². The molecule has 344 valence electrons. The van der Waals surface area contributed by atoms with Crippen LogP contribution >= 0.6 is 0 Å². The number of benzene rings is 5. The number of ether oxygens (including phenoxy) is 2. The lowest BCUT2D eigenvalue weighted by atomic mass is 9.73. The second-order valence-electron chi connectivity index (χ2n) is 13.5. The molecule has 64 heavy (non-hydrogen) atoms. The maximum absolute atomic E-state index is 14.8. The minimum Gasteiger partial charge on any atom is -0.508 e. The number of carbonyl (C=O) groups is 2. The summed E-state index contributed by atoms with van der Waals surface area (Å²) in [5, 5.41) is 18.3. The lowest BCUT2D eigenvalue weighted by Gasteiger charge is -2.38. The predicted molar refractivity (Wildman–Crippen MR) is 192 cm³/mol. The standard InChI is InChI=1S/C27H18F10O4.C15H10F6O2/c1-15(38)24(28,29)18-4-3-5-19(14-18)25(30,31)22(39)41-21-12-8-17(9-13-21)23(26(32,33)34,27(35,36)37)16-6-10-20(40-2)11-7-16;16-14(17,18)13(15(19,20)21,9-1-5-11(22)6-2-9)10-3-7-12(23)8-4-10/h3-14H,1-2H3;1-8,22-23H. The summed E-state index contributed by atoms with van der Waals surface area (Å²) >= 11 is 0. The van der Waals surface area contributed by atoms with Crippen LogP contribution < -0.4 is 9.47 Å². The molecule has 0 aromatic heterocycles. The Morgan fingerprint density at radius 1 is 0.422 bits per heavy atom. The topological polar surface area (TPSA) is 93.1 Å². The zero-order chi connectivity index (χ0) is 48.5. The van der Waals surface area contributed by atoms with Gasteiger partial charge in [0.05, 0.1) is 7.11 Å². The molecule has 2 N–H and O–H groups in total. The van der Waals surface area contributed by atoms with Gasteiger partial charge in [-0.2, -0.15) is 70.2 Å². The monoisotopic (exact) mass is 932 g/mol. The van der Waals surface area contributed by atoms with Crippen LogP contribution in [0.5, 0.6) is 23.0 Å². The highest BCUT2D eigenvalue weighted by Crippen LogP contribution is 2.58. The number of hydrogen-bond acceptors (Lipinski definition) is 6. The van der Waals surface area contributed by atoms with Crippen molar-refractivity contribution in [1.82, 2.24) is 0 Å². The third kappa shape index (κ3) is 9.26. The minimum absolute atomic E-state index is 0.0225. The Labute approximate surface area is 350 Å². The number of esters is 1. The number of phenols is 2. The fourth-order valence-corrected chi connectivity index (χ4v) is 6.40. The van der Waals surface area contributed by atoms with Crippen LogP contribution in [0.4, 0.5) is 70.2 Å². The lowest BCUT2D eigenvalue weighted by molar-refractivity contribution is -0.290. The Kier molecular flexibility index (Phi) is 13.8. The third-order valence-electron chi connectivity index (χ3n) is 9.61. The number of carbonyl (C=O) groups excluding carboxylic acids is 2. The molecule has 5 aromatic rings. The van der Waals surface area contributed by atoms with E-state index in [0.717, 1.165) is 49.6 Å². The SMILES string of the molecule is COc1ccc(C(c2ccc(OC(=O)C(F)(F)c3cccc(C(F)(F)C(C)=O)c3)cc2)(C(F)(F)F)C(F)(F)F)cc1.Oc1ccc(C(c2ccc(O)cc2)(C(F)(F)F)C(F)(F)F)cc1. The Morgan fingerprint density at radius 3 is 1.02 bits per heavy atom. The van der Waals surface area contributed by atoms with Crippen LogP contribution in [-0.4, -0.2) is 53.8 Å². The average Bonchev–Trinajstić information content (AvgIpc) is 3.18. The number of ketones is 1. The molecule has 0 aliphatic rings. The number of phenolic OH excluding ortho intramolecular Hbond substituents is 2. The first-order valence-electron chi connectivity index (χ1n) is 17.5. The van der Waals surface area contributed by atoms with Gasteiger partial charge >= 0.3 is 42.5 Å². The van der Waals surface area contributed by atoms with Crippen molar-refractivity contribution in [3.63, 3.8) is 0 Å². The normalized spacial score (nSPS) is 13.1. The number of methoxy groups -OCH3 is 1. The molecule has 5 aromatic carbocycles. The smallest absolute Gasteiger partial charge is 0.411 e. The molecule has 0 saturated heterocycles. The number of Topliss-reactive ketones (excluding diaryl/α,β-unsaturated/α-hetero) is 1. The van der Waals surface area contributed by atoms with Gasteiger partial charge < -0.3 is 19.7 Å². The zero-order valence-electron chi connectivity index (χ0n) is 32.1. The molecular formula is C42H28F16O6. The van der Waals surface area contributed by atoms with Crippen molar-refractivity contribution in [1.29, 1.82) is 0 Å². The van der Waals surface area contributed by atoms with E-state index in [9.17, 15) is 79.8 Å². The Bertz CT molecular complexity index is 2330. The molecule has 0 aliphatic carbocycles. The van der Waals surface area contributed by atoms with Gasteiger partial charge in [0.15, 0.2) is 0 Å². The van der Waals surface area contributed by atoms with Crippen molar-refractivity contribution in [2.45, 2.75) is 54.3 Å². The number of alkyl halides is 16. The van der Waals surface area contributed by atoms with Crippen LogP contribution in [0, 0.1) is 0 Å². The molecule has 0 spiro atoms. The van der Waals surface area contributed by atoms with Crippen molar-refractivity contribution in [2.24, 2.45) is 0 Å². The van der Waals surface area contributed by atoms with E-state index in [2.05, 4.69) is 4.74 Å². The molecule has 0 bridgehead atoms. The van der Waals surface area contributed by atoms with Crippen LogP contribution in [0.15, 0.2) is 121 Å². The molecular weight excluding hydrogens is 904 g/mol. The van der Waals surface area contributed by atoms with Crippen molar-refractivity contribution < 1.29 is 99.5 Å². The van der Waals surface area contributed by atoms with Crippen molar-refractivity contribution in [3.8, 4) is 23.0 Å². The van der Waals surface area contributed by atoms with Crippen molar-refractivity contribution in [2.75, 3.05) is 7.11 Å². The second kappa shape index (κ2) is 17.6. The van der Waals surface area contributed by atoms with Gasteiger partial charge in [0.2, 0.25) is 16.6 Å². The van der Waals surface area contributed by atoms with E-state index in [1.165, 1.54) is 0 Å². The molecule has 0 saturated carbocycles. The summed E-state index contributed by atoms with van der Waals surface area (Å²) < 4.78 is 234. The summed E-state index contributed by atoms with van der Waals surface area (Å²) in [5.74, 6) is -14.6. The molecule has 22 heteroatoms. The Morgan fingerprint density at radius 2 is 0.719 bits per heavy atom. The van der Waals surface area contributed by atoms with E-state index >= 15 is 0 Å². The largest absolute Gasteiger partial charge is 0.508 e. The summed E-state index contributed by atoms with van der Waals surface area (Å²) in [6, 6.07) is 11.9. The van der Waals surface area contributed by atoms with Crippen LogP contribution in [0.3, 0.4) is 0 Å². The molecule has 0 heterocycles. The first kappa shape index (κ1) is 50.2. The maximum atomic E-state index is 14.8. The van der Waals surface area contributed by atoms with Gasteiger partial charge in [-0.05, 0) is 76.9 Å². The van der Waals surface area contributed by atoms with E-state index in [0.29, 0.717) is 79.7 Å². The summed E-state index contributed by atoms with van der Waals surface area (Å²) in [4.78, 5) is 23.4. The van der Waals surface area contributed by atoms with Crippen molar-refractivity contribution in [3.05, 3.63) is 155 Å². The summed E-state index contributed by atoms with van der Waals surface area (Å²) in [7, 11) is 1.15. The lowest BCUT2D eigenvalue weighted by Crippen LogP contribution is -2.54. The third-order valence-corrected chi connectivity index (χ3v) is 9.61. The van der Waals surface area contributed by atoms with Gasteiger partial charge in [-0.25, -0.2) is 4.79 Å². The molecule has 5 rings (SSSR count). The summed E-state index contributed by atoms with van der Waals surface area (Å²) in [6.45, 7) is 0.518. The second-order valence-corrected chi connectivity index (χ2v) is 13.5. The molecule has 0 aliphatic heterocycles. The van der Waals surface area contributed by atoms with Gasteiger partial charge in [-0.3, -0.25) is 4.79 Å². The number of rotatable bonds is 10.